The van der Waals surface area contributed by atoms with Crippen LogP contribution in [0.5, 0.6) is 0 Å². The van der Waals surface area contributed by atoms with Crippen molar-refractivity contribution in [2.75, 3.05) is 18.0 Å². The minimum Gasteiger partial charge on any atom is -0.351 e. The summed E-state index contributed by atoms with van der Waals surface area (Å²) < 4.78 is 0. The fraction of sp³-hybridized carbons (Fsp3) is 0.286. The van der Waals surface area contributed by atoms with E-state index in [0.717, 1.165) is 25.3 Å². The molecule has 0 saturated carbocycles. The van der Waals surface area contributed by atoms with Gasteiger partial charge in [0.15, 0.2) is 5.82 Å². The Hall–Kier alpha value is -1.94. The van der Waals surface area contributed by atoms with Crippen LogP contribution < -0.4 is 10.6 Å². The molecule has 2 rings (SSSR count). The van der Waals surface area contributed by atoms with E-state index >= 15 is 0 Å². The number of anilines is 1. The van der Waals surface area contributed by atoms with Gasteiger partial charge in [0.2, 0.25) is 0 Å². The molecular weight excluding hydrogens is 224 g/mol. The monoisotopic (exact) mass is 242 g/mol. The molecule has 0 bridgehead atoms. The highest BCUT2D eigenvalue weighted by Crippen LogP contribution is 2.13. The molecule has 1 heterocycles. The largest absolute Gasteiger partial charge is 0.351 e. The van der Waals surface area contributed by atoms with Gasteiger partial charge in [-0.2, -0.15) is 5.10 Å². The number of nitrogens with two attached hydrogens (primary N) is 1. The summed E-state index contributed by atoms with van der Waals surface area (Å²) in [5.74, 6) is 0.898. The van der Waals surface area contributed by atoms with Crippen molar-refractivity contribution in [2.24, 2.45) is 5.73 Å². The normalized spacial score (nSPS) is 10.3. The van der Waals surface area contributed by atoms with E-state index in [2.05, 4.69) is 27.2 Å². The maximum Gasteiger partial charge on any atom is 0.151 e. The smallest absolute Gasteiger partial charge is 0.151 e. The molecule has 4 nitrogen and oxygen atoms in total. The summed E-state index contributed by atoms with van der Waals surface area (Å²) in [5.41, 5.74) is 6.85. The molecule has 0 radical (unpaired) electrons. The van der Waals surface area contributed by atoms with Crippen LogP contribution in [0.1, 0.15) is 12.0 Å². The van der Waals surface area contributed by atoms with Gasteiger partial charge in [0.05, 0.1) is 0 Å². The first-order valence-corrected chi connectivity index (χ1v) is 6.17. The van der Waals surface area contributed by atoms with Gasteiger partial charge in [-0.05, 0) is 30.7 Å². The molecule has 94 valence electrons. The van der Waals surface area contributed by atoms with Gasteiger partial charge in [-0.3, -0.25) is 0 Å². The van der Waals surface area contributed by atoms with Crippen molar-refractivity contribution < 1.29 is 0 Å². The Balaban J connectivity index is 2.10. The molecule has 0 aliphatic carbocycles. The van der Waals surface area contributed by atoms with Gasteiger partial charge >= 0.3 is 0 Å². The summed E-state index contributed by atoms with van der Waals surface area (Å²) in [5, 5.41) is 8.10. The number of rotatable bonds is 6. The predicted molar refractivity (Wildman–Crippen MR) is 73.2 cm³/mol. The molecule has 0 amide bonds. The summed E-state index contributed by atoms with van der Waals surface area (Å²) in [4.78, 5) is 2.20. The second-order valence-corrected chi connectivity index (χ2v) is 4.13. The Morgan fingerprint density at radius 1 is 1.06 bits per heavy atom. The van der Waals surface area contributed by atoms with Crippen LogP contribution in [0.2, 0.25) is 0 Å². The number of nitrogens with zero attached hydrogens (tertiary/aromatic N) is 3. The van der Waals surface area contributed by atoms with Gasteiger partial charge in [0, 0.05) is 19.3 Å². The van der Waals surface area contributed by atoms with Gasteiger partial charge in [-0.15, -0.1) is 5.10 Å². The molecule has 0 aliphatic rings. The van der Waals surface area contributed by atoms with E-state index < -0.39 is 0 Å². The van der Waals surface area contributed by atoms with Crippen molar-refractivity contribution in [3.8, 4) is 0 Å². The average Bonchev–Trinajstić information content (AvgIpc) is 2.45. The number of hydrogen-bond donors (Lipinski definition) is 1. The molecule has 0 unspecified atom stereocenters. The van der Waals surface area contributed by atoms with E-state index in [9.17, 15) is 0 Å². The van der Waals surface area contributed by atoms with E-state index in [1.807, 2.05) is 30.3 Å². The highest BCUT2D eigenvalue weighted by Gasteiger charge is 2.07. The zero-order valence-corrected chi connectivity index (χ0v) is 10.4. The van der Waals surface area contributed by atoms with Gasteiger partial charge in [0.1, 0.15) is 0 Å². The Bertz CT molecular complexity index is 444. The molecule has 2 N–H and O–H groups in total. The van der Waals surface area contributed by atoms with Gasteiger partial charge < -0.3 is 10.6 Å². The molecule has 2 aromatic rings. The second-order valence-electron chi connectivity index (χ2n) is 4.13. The standard InChI is InChI=1S/C14H18N4/c15-9-5-11-18(14-8-4-10-16-17-14)12-13-6-2-1-3-7-13/h1-4,6-8,10H,5,9,11-12,15H2. The van der Waals surface area contributed by atoms with Crippen molar-refractivity contribution in [1.29, 1.82) is 0 Å². The van der Waals surface area contributed by atoms with Crippen LogP contribution in [-0.2, 0) is 6.54 Å². The highest BCUT2D eigenvalue weighted by molar-refractivity contribution is 5.37. The van der Waals surface area contributed by atoms with Crippen LogP contribution in [0, 0.1) is 0 Å². The molecule has 0 spiro atoms. The number of hydrogen-bond acceptors (Lipinski definition) is 4. The van der Waals surface area contributed by atoms with E-state index in [4.69, 9.17) is 5.73 Å². The summed E-state index contributed by atoms with van der Waals surface area (Å²) in [7, 11) is 0. The molecule has 0 atom stereocenters. The lowest BCUT2D eigenvalue weighted by Gasteiger charge is -2.23. The first-order valence-electron chi connectivity index (χ1n) is 6.17. The SMILES string of the molecule is NCCCN(Cc1ccccc1)c1cccnn1. The van der Waals surface area contributed by atoms with E-state index in [-0.39, 0.29) is 0 Å². The maximum absolute atomic E-state index is 5.59. The Labute approximate surface area is 107 Å². The van der Waals surface area contributed by atoms with E-state index in [0.29, 0.717) is 6.54 Å². The molecule has 4 heteroatoms. The quantitative estimate of drug-likeness (QED) is 0.839. The Morgan fingerprint density at radius 3 is 2.56 bits per heavy atom. The van der Waals surface area contributed by atoms with Crippen LogP contribution in [0.25, 0.3) is 0 Å². The third-order valence-corrected chi connectivity index (χ3v) is 2.73. The summed E-state index contributed by atoms with van der Waals surface area (Å²) in [6.45, 7) is 2.41. The van der Waals surface area contributed by atoms with Gasteiger partial charge in [-0.1, -0.05) is 30.3 Å². The van der Waals surface area contributed by atoms with E-state index in [1.54, 1.807) is 6.20 Å². The van der Waals surface area contributed by atoms with Crippen molar-refractivity contribution in [3.05, 3.63) is 54.2 Å². The van der Waals surface area contributed by atoms with Gasteiger partial charge in [-0.25, -0.2) is 0 Å². The first-order chi connectivity index (χ1) is 8.90. The Kier molecular flexibility index (Phi) is 4.67. The molecular formula is C14H18N4. The molecule has 18 heavy (non-hydrogen) atoms. The Morgan fingerprint density at radius 2 is 1.89 bits per heavy atom. The first kappa shape index (κ1) is 12.5. The molecule has 0 saturated heterocycles. The van der Waals surface area contributed by atoms with Crippen LogP contribution in [0.4, 0.5) is 5.82 Å². The molecule has 0 aliphatic heterocycles. The third kappa shape index (κ3) is 3.53. The minimum atomic E-state index is 0.686. The van der Waals surface area contributed by atoms with Crippen molar-refractivity contribution in [2.45, 2.75) is 13.0 Å². The van der Waals surface area contributed by atoms with Crippen LogP contribution in [-0.4, -0.2) is 23.3 Å². The summed E-state index contributed by atoms with van der Waals surface area (Å²) >= 11 is 0. The fourth-order valence-corrected chi connectivity index (χ4v) is 1.82. The highest BCUT2D eigenvalue weighted by atomic mass is 15.3. The molecule has 1 aromatic heterocycles. The van der Waals surface area contributed by atoms with Crippen molar-refractivity contribution in [3.63, 3.8) is 0 Å². The van der Waals surface area contributed by atoms with Crippen molar-refractivity contribution >= 4 is 5.82 Å². The maximum atomic E-state index is 5.59. The zero-order chi connectivity index (χ0) is 12.6. The topological polar surface area (TPSA) is 55.0 Å². The summed E-state index contributed by atoms with van der Waals surface area (Å²) in [6.07, 6.45) is 2.64. The lowest BCUT2D eigenvalue weighted by molar-refractivity contribution is 0.718. The number of aromatic nitrogens is 2. The predicted octanol–water partition coefficient (Wildman–Crippen LogP) is 1.83. The lowest BCUT2D eigenvalue weighted by atomic mass is 10.2. The van der Waals surface area contributed by atoms with Gasteiger partial charge in [0.25, 0.3) is 0 Å². The van der Waals surface area contributed by atoms with Crippen LogP contribution in [0.3, 0.4) is 0 Å². The zero-order valence-electron chi connectivity index (χ0n) is 10.4. The number of benzene rings is 1. The third-order valence-electron chi connectivity index (χ3n) is 2.73. The summed E-state index contributed by atoms with van der Waals surface area (Å²) in [6, 6.07) is 14.2. The fourth-order valence-electron chi connectivity index (χ4n) is 1.82. The van der Waals surface area contributed by atoms with Crippen LogP contribution >= 0.6 is 0 Å². The minimum absolute atomic E-state index is 0.686. The second kappa shape index (κ2) is 6.71. The van der Waals surface area contributed by atoms with Crippen LogP contribution in [0.15, 0.2) is 48.7 Å². The average molecular weight is 242 g/mol. The molecule has 0 fully saturated rings. The molecule has 1 aromatic carbocycles. The van der Waals surface area contributed by atoms with Crippen molar-refractivity contribution in [1.82, 2.24) is 10.2 Å². The van der Waals surface area contributed by atoms with E-state index in [1.165, 1.54) is 5.56 Å². The lowest BCUT2D eigenvalue weighted by Crippen LogP contribution is -2.26.